The molecule has 2 aromatic rings. The highest BCUT2D eigenvalue weighted by Gasteiger charge is 2.30. The first kappa shape index (κ1) is 13.2. The molecule has 4 nitrogen and oxygen atoms in total. The van der Waals surface area contributed by atoms with Crippen LogP contribution in [0.15, 0.2) is 18.2 Å². The van der Waals surface area contributed by atoms with Crippen LogP contribution in [0.1, 0.15) is 35.8 Å². The van der Waals surface area contributed by atoms with E-state index in [-0.39, 0.29) is 6.10 Å². The van der Waals surface area contributed by atoms with Crippen LogP contribution < -0.4 is 5.32 Å². The second-order valence-corrected chi connectivity index (χ2v) is 6.17. The largest absolute Gasteiger partial charge is 0.372 e. The highest BCUT2D eigenvalue weighted by Crippen LogP contribution is 2.37. The molecule has 0 spiro atoms. The van der Waals surface area contributed by atoms with Crippen molar-refractivity contribution in [2.75, 3.05) is 18.5 Å². The second kappa shape index (κ2) is 5.04. The van der Waals surface area contributed by atoms with E-state index >= 15 is 0 Å². The molecule has 0 aliphatic carbocycles. The molecule has 5 heteroatoms. The van der Waals surface area contributed by atoms with Crippen molar-refractivity contribution < 1.29 is 4.74 Å². The van der Waals surface area contributed by atoms with Gasteiger partial charge in [-0.2, -0.15) is 5.10 Å². The van der Waals surface area contributed by atoms with Gasteiger partial charge in [-0.3, -0.25) is 0 Å². The summed E-state index contributed by atoms with van der Waals surface area (Å²) in [7, 11) is 0. The van der Waals surface area contributed by atoms with Crippen molar-refractivity contribution in [3.05, 3.63) is 40.0 Å². The van der Waals surface area contributed by atoms with Gasteiger partial charge in [0.15, 0.2) is 0 Å². The maximum absolute atomic E-state index is 6.07. The van der Waals surface area contributed by atoms with Gasteiger partial charge >= 0.3 is 0 Å². The number of hydrogen-bond acceptors (Lipinski definition) is 3. The van der Waals surface area contributed by atoms with Gasteiger partial charge in [0, 0.05) is 23.7 Å². The Kier molecular flexibility index (Phi) is 3.16. The van der Waals surface area contributed by atoms with Gasteiger partial charge in [-0.05, 0) is 49.9 Å². The van der Waals surface area contributed by atoms with E-state index in [1.54, 1.807) is 0 Å². The number of hydrogen-bond donors (Lipinski definition) is 1. The van der Waals surface area contributed by atoms with Crippen LogP contribution in [0.25, 0.3) is 5.69 Å². The standard InChI is InChI=1S/C16H18ClN3O/c1-10-9-11(17)4-5-13(10)20-16-12(6-7-18-16)15(19-20)14-3-2-8-21-14/h4-5,9,14,18H,2-3,6-8H2,1H3. The van der Waals surface area contributed by atoms with Crippen molar-refractivity contribution >= 4 is 17.4 Å². The van der Waals surface area contributed by atoms with E-state index < -0.39 is 0 Å². The molecule has 4 rings (SSSR count). The smallest absolute Gasteiger partial charge is 0.133 e. The molecule has 21 heavy (non-hydrogen) atoms. The lowest BCUT2D eigenvalue weighted by atomic mass is 10.1. The van der Waals surface area contributed by atoms with Gasteiger partial charge in [-0.1, -0.05) is 11.6 Å². The number of aryl methyl sites for hydroxylation is 1. The average Bonchev–Trinajstić information content (AvgIpc) is 3.15. The second-order valence-electron chi connectivity index (χ2n) is 5.73. The van der Waals surface area contributed by atoms with Crippen molar-refractivity contribution in [1.82, 2.24) is 9.78 Å². The minimum absolute atomic E-state index is 0.160. The Hall–Kier alpha value is -1.52. The van der Waals surface area contributed by atoms with Crippen LogP contribution >= 0.6 is 11.6 Å². The normalized spacial score (nSPS) is 20.6. The third-order valence-corrected chi connectivity index (χ3v) is 4.54. The zero-order valence-electron chi connectivity index (χ0n) is 12.0. The summed E-state index contributed by atoms with van der Waals surface area (Å²) in [6.07, 6.45) is 3.38. The summed E-state index contributed by atoms with van der Waals surface area (Å²) in [5.74, 6) is 1.12. The molecule has 2 aliphatic heterocycles. The summed E-state index contributed by atoms with van der Waals surface area (Å²) in [6, 6.07) is 5.93. The zero-order valence-corrected chi connectivity index (χ0v) is 12.8. The zero-order chi connectivity index (χ0) is 14.4. The van der Waals surface area contributed by atoms with E-state index in [0.29, 0.717) is 0 Å². The summed E-state index contributed by atoms with van der Waals surface area (Å²) < 4.78 is 7.86. The topological polar surface area (TPSA) is 39.1 Å². The summed E-state index contributed by atoms with van der Waals surface area (Å²) in [5.41, 5.74) is 4.63. The number of fused-ring (bicyclic) bond motifs is 1. The summed E-state index contributed by atoms with van der Waals surface area (Å²) in [6.45, 7) is 3.88. The Morgan fingerprint density at radius 3 is 3.10 bits per heavy atom. The van der Waals surface area contributed by atoms with E-state index in [9.17, 15) is 0 Å². The Morgan fingerprint density at radius 2 is 2.33 bits per heavy atom. The Labute approximate surface area is 129 Å². The molecule has 110 valence electrons. The van der Waals surface area contributed by atoms with Gasteiger partial charge in [-0.15, -0.1) is 0 Å². The molecule has 0 saturated carbocycles. The van der Waals surface area contributed by atoms with Crippen LogP contribution in [-0.2, 0) is 11.2 Å². The SMILES string of the molecule is Cc1cc(Cl)ccc1-n1nc(C2CCCO2)c2c1NCC2. The fourth-order valence-electron chi connectivity index (χ4n) is 3.28. The van der Waals surface area contributed by atoms with Crippen molar-refractivity contribution in [3.63, 3.8) is 0 Å². The van der Waals surface area contributed by atoms with Crippen LogP contribution in [0.3, 0.4) is 0 Å². The van der Waals surface area contributed by atoms with Crippen LogP contribution in [0.4, 0.5) is 5.82 Å². The van der Waals surface area contributed by atoms with Crippen LogP contribution in [0, 0.1) is 6.92 Å². The van der Waals surface area contributed by atoms with E-state index in [1.165, 1.54) is 5.56 Å². The fraction of sp³-hybridized carbons (Fsp3) is 0.438. The molecule has 1 N–H and O–H groups in total. The number of nitrogens with one attached hydrogen (secondary N) is 1. The van der Waals surface area contributed by atoms with Gasteiger partial charge < -0.3 is 10.1 Å². The summed E-state index contributed by atoms with van der Waals surface area (Å²) in [5, 5.41) is 9.08. The van der Waals surface area contributed by atoms with E-state index in [1.807, 2.05) is 22.9 Å². The predicted molar refractivity (Wildman–Crippen MR) is 83.4 cm³/mol. The third-order valence-electron chi connectivity index (χ3n) is 4.30. The molecule has 3 heterocycles. The number of ether oxygens (including phenoxy) is 1. The van der Waals surface area contributed by atoms with Gasteiger partial charge in [0.25, 0.3) is 0 Å². The Bertz CT molecular complexity index is 689. The number of rotatable bonds is 2. The monoisotopic (exact) mass is 303 g/mol. The minimum atomic E-state index is 0.160. The van der Waals surface area contributed by atoms with Crippen molar-refractivity contribution in [1.29, 1.82) is 0 Å². The first-order chi connectivity index (χ1) is 10.2. The molecule has 0 radical (unpaired) electrons. The molecule has 1 aromatic heterocycles. The maximum Gasteiger partial charge on any atom is 0.133 e. The van der Waals surface area contributed by atoms with Gasteiger partial charge in [0.1, 0.15) is 11.9 Å². The predicted octanol–water partition coefficient (Wildman–Crippen LogP) is 3.65. The van der Waals surface area contributed by atoms with Crippen molar-refractivity contribution in [2.45, 2.75) is 32.3 Å². The first-order valence-electron chi connectivity index (χ1n) is 7.48. The van der Waals surface area contributed by atoms with Gasteiger partial charge in [-0.25, -0.2) is 4.68 Å². The number of benzene rings is 1. The molecule has 1 atom stereocenters. The van der Waals surface area contributed by atoms with Crippen LogP contribution in [-0.4, -0.2) is 22.9 Å². The number of aromatic nitrogens is 2. The van der Waals surface area contributed by atoms with E-state index in [2.05, 4.69) is 12.2 Å². The Balaban J connectivity index is 1.84. The molecular weight excluding hydrogens is 286 g/mol. The first-order valence-corrected chi connectivity index (χ1v) is 7.85. The lowest BCUT2D eigenvalue weighted by Gasteiger charge is -2.10. The van der Waals surface area contributed by atoms with E-state index in [0.717, 1.165) is 60.2 Å². The average molecular weight is 304 g/mol. The quantitative estimate of drug-likeness (QED) is 0.920. The molecular formula is C16H18ClN3O. The van der Waals surface area contributed by atoms with Crippen molar-refractivity contribution in [3.8, 4) is 5.69 Å². The highest BCUT2D eigenvalue weighted by atomic mass is 35.5. The Morgan fingerprint density at radius 1 is 1.43 bits per heavy atom. The van der Waals surface area contributed by atoms with Crippen LogP contribution in [0.5, 0.6) is 0 Å². The molecule has 1 fully saturated rings. The molecule has 1 unspecified atom stereocenters. The molecule has 1 aromatic carbocycles. The number of halogens is 1. The highest BCUT2D eigenvalue weighted by molar-refractivity contribution is 6.30. The van der Waals surface area contributed by atoms with Crippen molar-refractivity contribution in [2.24, 2.45) is 0 Å². The number of anilines is 1. The minimum Gasteiger partial charge on any atom is -0.372 e. The van der Waals surface area contributed by atoms with Gasteiger partial charge in [0.05, 0.1) is 11.4 Å². The fourth-order valence-corrected chi connectivity index (χ4v) is 3.51. The van der Waals surface area contributed by atoms with E-state index in [4.69, 9.17) is 21.4 Å². The molecule has 0 bridgehead atoms. The molecule has 1 saturated heterocycles. The third kappa shape index (κ3) is 2.14. The molecule has 0 amide bonds. The summed E-state index contributed by atoms with van der Waals surface area (Å²) in [4.78, 5) is 0. The lowest BCUT2D eigenvalue weighted by molar-refractivity contribution is 0.107. The maximum atomic E-state index is 6.07. The lowest BCUT2D eigenvalue weighted by Crippen LogP contribution is -2.07. The van der Waals surface area contributed by atoms with Crippen LogP contribution in [0.2, 0.25) is 5.02 Å². The molecule has 2 aliphatic rings. The number of nitrogens with zero attached hydrogens (tertiary/aromatic N) is 2. The van der Waals surface area contributed by atoms with Gasteiger partial charge in [0.2, 0.25) is 0 Å². The summed E-state index contributed by atoms with van der Waals surface area (Å²) >= 11 is 6.07.